The van der Waals surface area contributed by atoms with Crippen molar-refractivity contribution in [2.45, 2.75) is 46.1 Å². The highest BCUT2D eigenvalue weighted by Crippen LogP contribution is 2.34. The number of benzene rings is 2. The molecule has 1 fully saturated rings. The second kappa shape index (κ2) is 8.88. The average molecular weight is 444 g/mol. The first-order chi connectivity index (χ1) is 15.2. The van der Waals surface area contributed by atoms with E-state index in [4.69, 9.17) is 0 Å². The summed E-state index contributed by atoms with van der Waals surface area (Å²) in [6.07, 6.45) is 1.98. The van der Waals surface area contributed by atoms with Gasteiger partial charge in [0.1, 0.15) is 5.75 Å². The fourth-order valence-electron chi connectivity index (χ4n) is 4.54. The number of hydrogen-bond acceptors (Lipinski definition) is 3. The number of allylic oxidation sites excluding steroid dienone is 1. The zero-order chi connectivity index (χ0) is 22.9. The summed E-state index contributed by atoms with van der Waals surface area (Å²) in [6, 6.07) is 9.88. The predicted octanol–water partition coefficient (Wildman–Crippen LogP) is 5.84. The largest absolute Gasteiger partial charge is 0.573 e. The molecule has 1 amide bonds. The van der Waals surface area contributed by atoms with Crippen molar-refractivity contribution in [3.8, 4) is 5.75 Å². The van der Waals surface area contributed by atoms with Gasteiger partial charge in [-0.15, -0.1) is 13.2 Å². The number of fused-ring (bicyclic) bond motifs is 1. The molecule has 7 heteroatoms. The van der Waals surface area contributed by atoms with E-state index in [-0.39, 0.29) is 11.7 Å². The molecule has 2 aliphatic heterocycles. The molecule has 2 aromatic carbocycles. The van der Waals surface area contributed by atoms with E-state index < -0.39 is 6.36 Å². The lowest BCUT2D eigenvalue weighted by molar-refractivity contribution is -0.274. The van der Waals surface area contributed by atoms with Crippen molar-refractivity contribution in [1.82, 2.24) is 4.90 Å². The number of carbonyl (C=O) groups excluding carboxylic acids is 1. The van der Waals surface area contributed by atoms with Crippen LogP contribution in [0, 0.1) is 12.8 Å². The molecule has 0 aliphatic carbocycles. The number of ether oxygens (including phenoxy) is 1. The van der Waals surface area contributed by atoms with Crippen LogP contribution in [-0.4, -0.2) is 30.3 Å². The minimum Gasteiger partial charge on any atom is -0.406 e. The van der Waals surface area contributed by atoms with Gasteiger partial charge in [0.2, 0.25) is 0 Å². The van der Waals surface area contributed by atoms with Crippen LogP contribution in [0.15, 0.2) is 48.6 Å². The van der Waals surface area contributed by atoms with Crippen LogP contribution in [0.3, 0.4) is 0 Å². The van der Waals surface area contributed by atoms with Crippen LogP contribution in [0.25, 0.3) is 0 Å². The average Bonchev–Trinajstić information content (AvgIpc) is 3.32. The predicted molar refractivity (Wildman–Crippen MR) is 118 cm³/mol. The van der Waals surface area contributed by atoms with Crippen molar-refractivity contribution in [1.29, 1.82) is 0 Å². The first-order valence-electron chi connectivity index (χ1n) is 10.9. The molecule has 2 heterocycles. The Morgan fingerprint density at radius 1 is 1.19 bits per heavy atom. The van der Waals surface area contributed by atoms with Crippen LogP contribution in [0.5, 0.6) is 5.75 Å². The molecule has 170 valence electrons. The normalized spacial score (nSPS) is 18.7. The zero-order valence-corrected chi connectivity index (χ0v) is 18.3. The Hall–Kier alpha value is -2.96. The lowest BCUT2D eigenvalue weighted by Gasteiger charge is -2.20. The highest BCUT2D eigenvalue weighted by atomic mass is 19.4. The van der Waals surface area contributed by atoms with E-state index in [9.17, 15) is 18.0 Å². The van der Waals surface area contributed by atoms with Crippen LogP contribution in [0.2, 0.25) is 0 Å². The summed E-state index contributed by atoms with van der Waals surface area (Å²) in [5.41, 5.74) is 4.62. The van der Waals surface area contributed by atoms with Gasteiger partial charge in [-0.3, -0.25) is 4.79 Å². The first-order valence-corrected chi connectivity index (χ1v) is 10.9. The maximum absolute atomic E-state index is 13.0. The molecule has 0 bridgehead atoms. The van der Waals surface area contributed by atoms with Crippen LogP contribution >= 0.6 is 0 Å². The van der Waals surface area contributed by atoms with Crippen molar-refractivity contribution in [3.05, 3.63) is 70.8 Å². The molecule has 32 heavy (non-hydrogen) atoms. The Bertz CT molecular complexity index is 1020. The van der Waals surface area contributed by atoms with Gasteiger partial charge >= 0.3 is 6.36 Å². The van der Waals surface area contributed by atoms with Gasteiger partial charge in [-0.05, 0) is 66.6 Å². The molecule has 0 unspecified atom stereocenters. The molecule has 4 nitrogen and oxygen atoms in total. The Balaban J connectivity index is 1.45. The summed E-state index contributed by atoms with van der Waals surface area (Å²) in [5, 5.41) is 0. The molecule has 1 saturated heterocycles. The molecule has 0 saturated carbocycles. The molecular formula is C25H27F3N2O2. The van der Waals surface area contributed by atoms with Crippen molar-refractivity contribution in [2.24, 2.45) is 5.92 Å². The monoisotopic (exact) mass is 444 g/mol. The number of halogens is 3. The minimum absolute atomic E-state index is 0.0372. The van der Waals surface area contributed by atoms with Gasteiger partial charge in [0.25, 0.3) is 5.91 Å². The third kappa shape index (κ3) is 4.92. The van der Waals surface area contributed by atoms with Gasteiger partial charge in [-0.1, -0.05) is 31.2 Å². The van der Waals surface area contributed by atoms with E-state index in [2.05, 4.69) is 40.8 Å². The maximum Gasteiger partial charge on any atom is 0.573 e. The number of carbonyl (C=O) groups is 1. The zero-order valence-electron chi connectivity index (χ0n) is 18.3. The number of anilines is 1. The SMILES string of the molecule is CC/C=C\[C@H]1CCN(c2cc(C)c3c(c2)CN(Cc2ccc(OC(F)(F)F)cc2)C3=O)C1. The summed E-state index contributed by atoms with van der Waals surface area (Å²) in [5.74, 6) is 0.256. The summed E-state index contributed by atoms with van der Waals surface area (Å²) >= 11 is 0. The van der Waals surface area contributed by atoms with Crippen LogP contribution in [0.4, 0.5) is 18.9 Å². The van der Waals surface area contributed by atoms with Gasteiger partial charge in [0.15, 0.2) is 0 Å². The van der Waals surface area contributed by atoms with Gasteiger partial charge in [0.05, 0.1) is 0 Å². The fourth-order valence-corrected chi connectivity index (χ4v) is 4.54. The molecule has 0 aromatic heterocycles. The van der Waals surface area contributed by atoms with Crippen LogP contribution in [-0.2, 0) is 13.1 Å². The third-order valence-electron chi connectivity index (χ3n) is 6.03. The minimum atomic E-state index is -4.72. The van der Waals surface area contributed by atoms with Gasteiger partial charge < -0.3 is 14.5 Å². The summed E-state index contributed by atoms with van der Waals surface area (Å²) in [4.78, 5) is 17.1. The van der Waals surface area contributed by atoms with Crippen LogP contribution < -0.4 is 9.64 Å². The topological polar surface area (TPSA) is 32.8 Å². The van der Waals surface area contributed by atoms with Crippen LogP contribution in [0.1, 0.15) is 46.8 Å². The smallest absolute Gasteiger partial charge is 0.406 e. The number of nitrogens with zero attached hydrogens (tertiary/aromatic N) is 2. The van der Waals surface area contributed by atoms with E-state index in [0.29, 0.717) is 19.0 Å². The number of alkyl halides is 3. The number of amides is 1. The Morgan fingerprint density at radius 3 is 2.62 bits per heavy atom. The van der Waals surface area contributed by atoms with E-state index >= 15 is 0 Å². The molecule has 2 aromatic rings. The van der Waals surface area contributed by atoms with Gasteiger partial charge in [0, 0.05) is 37.4 Å². The number of rotatable bonds is 6. The Labute approximate surface area is 186 Å². The highest BCUT2D eigenvalue weighted by Gasteiger charge is 2.32. The lowest BCUT2D eigenvalue weighted by Crippen LogP contribution is -2.23. The van der Waals surface area contributed by atoms with E-state index in [1.165, 1.54) is 12.1 Å². The molecule has 2 aliphatic rings. The number of aryl methyl sites for hydroxylation is 1. The summed E-state index contributed by atoms with van der Waals surface area (Å²) in [7, 11) is 0. The highest BCUT2D eigenvalue weighted by molar-refractivity contribution is 6.00. The van der Waals surface area contributed by atoms with Crippen molar-refractivity contribution in [3.63, 3.8) is 0 Å². The Morgan fingerprint density at radius 2 is 1.94 bits per heavy atom. The van der Waals surface area contributed by atoms with Crippen molar-refractivity contribution < 1.29 is 22.7 Å². The molecule has 4 rings (SSSR count). The second-order valence-electron chi connectivity index (χ2n) is 8.48. The fraction of sp³-hybridized carbons (Fsp3) is 0.400. The molecule has 0 spiro atoms. The standard InChI is InChI=1S/C25H27F3N2O2/c1-3-4-5-18-10-11-29(14-18)21-12-17(2)23-20(13-21)16-30(24(23)31)15-19-6-8-22(9-7-19)32-25(26,27)28/h4-9,12-13,18H,3,10-11,14-16H2,1-2H3/b5-4-/t18-/m0/s1. The maximum atomic E-state index is 13.0. The quantitative estimate of drug-likeness (QED) is 0.525. The van der Waals surface area contributed by atoms with Gasteiger partial charge in [-0.25, -0.2) is 0 Å². The number of hydrogen-bond donors (Lipinski definition) is 0. The van der Waals surface area contributed by atoms with Crippen molar-refractivity contribution >= 4 is 11.6 Å². The first kappa shape index (κ1) is 22.2. The summed E-state index contributed by atoms with van der Waals surface area (Å²) < 4.78 is 41.0. The second-order valence-corrected chi connectivity index (χ2v) is 8.48. The molecular weight excluding hydrogens is 417 g/mol. The summed E-state index contributed by atoms with van der Waals surface area (Å²) in [6.45, 7) is 6.93. The Kier molecular flexibility index (Phi) is 6.17. The van der Waals surface area contributed by atoms with E-state index in [1.54, 1.807) is 17.0 Å². The van der Waals surface area contributed by atoms with Gasteiger partial charge in [-0.2, -0.15) is 0 Å². The molecule has 1 atom stereocenters. The molecule has 0 radical (unpaired) electrons. The van der Waals surface area contributed by atoms with Crippen molar-refractivity contribution in [2.75, 3.05) is 18.0 Å². The van der Waals surface area contributed by atoms with E-state index in [0.717, 1.165) is 53.9 Å². The molecule has 0 N–H and O–H groups in total. The third-order valence-corrected chi connectivity index (χ3v) is 6.03. The van der Waals surface area contributed by atoms with E-state index in [1.807, 2.05) is 6.92 Å². The lowest BCUT2D eigenvalue weighted by atomic mass is 10.0.